The van der Waals surface area contributed by atoms with Crippen molar-refractivity contribution in [1.82, 2.24) is 5.32 Å². The minimum atomic E-state index is 0.399. The summed E-state index contributed by atoms with van der Waals surface area (Å²) in [6.07, 6.45) is 3.62. The summed E-state index contributed by atoms with van der Waals surface area (Å²) in [6.45, 7) is 3.07. The first-order chi connectivity index (χ1) is 10.3. The van der Waals surface area contributed by atoms with E-state index in [1.165, 1.54) is 24.0 Å². The summed E-state index contributed by atoms with van der Waals surface area (Å²) < 4.78 is 5.42. The molecule has 0 aliphatic carbocycles. The molecule has 112 valence electrons. The third kappa shape index (κ3) is 4.61. The molecule has 0 spiro atoms. The standard InChI is InChI=1S/C19H25NO/c1-3-4-13-18(16-10-6-5-7-11-16)20-15-17-12-8-9-14-19(17)21-2/h5-12,14,18,20H,3-4,13,15H2,1-2H3. The van der Waals surface area contributed by atoms with E-state index < -0.39 is 0 Å². The van der Waals surface area contributed by atoms with E-state index in [0.717, 1.165) is 18.7 Å². The fourth-order valence-electron chi connectivity index (χ4n) is 2.56. The highest BCUT2D eigenvalue weighted by Crippen LogP contribution is 2.22. The average molecular weight is 283 g/mol. The SMILES string of the molecule is CCCCC(NCc1ccccc1OC)c1ccccc1. The quantitative estimate of drug-likeness (QED) is 0.757. The van der Waals surface area contributed by atoms with Gasteiger partial charge < -0.3 is 10.1 Å². The van der Waals surface area contributed by atoms with E-state index >= 15 is 0 Å². The van der Waals surface area contributed by atoms with E-state index in [1.807, 2.05) is 12.1 Å². The molecule has 0 fully saturated rings. The van der Waals surface area contributed by atoms with Crippen LogP contribution in [-0.4, -0.2) is 7.11 Å². The Kier molecular flexibility index (Phi) is 6.29. The van der Waals surface area contributed by atoms with Crippen molar-refractivity contribution in [2.45, 2.75) is 38.8 Å². The highest BCUT2D eigenvalue weighted by Gasteiger charge is 2.11. The molecule has 2 heteroatoms. The second-order valence-corrected chi connectivity index (χ2v) is 5.30. The molecule has 0 bridgehead atoms. The Morgan fingerprint density at radius 3 is 2.43 bits per heavy atom. The molecule has 0 amide bonds. The molecule has 0 aliphatic rings. The van der Waals surface area contributed by atoms with Gasteiger partial charge in [0.25, 0.3) is 0 Å². The minimum Gasteiger partial charge on any atom is -0.496 e. The molecule has 0 heterocycles. The van der Waals surface area contributed by atoms with Gasteiger partial charge in [-0.1, -0.05) is 68.3 Å². The first-order valence-corrected chi connectivity index (χ1v) is 7.75. The highest BCUT2D eigenvalue weighted by atomic mass is 16.5. The van der Waals surface area contributed by atoms with Gasteiger partial charge in [0, 0.05) is 18.2 Å². The summed E-state index contributed by atoms with van der Waals surface area (Å²) in [5.74, 6) is 0.951. The Morgan fingerprint density at radius 2 is 1.71 bits per heavy atom. The minimum absolute atomic E-state index is 0.399. The highest BCUT2D eigenvalue weighted by molar-refractivity contribution is 5.33. The van der Waals surface area contributed by atoms with Crippen molar-refractivity contribution in [1.29, 1.82) is 0 Å². The van der Waals surface area contributed by atoms with Crippen LogP contribution in [-0.2, 0) is 6.54 Å². The second-order valence-electron chi connectivity index (χ2n) is 5.30. The normalized spacial score (nSPS) is 12.1. The van der Waals surface area contributed by atoms with Crippen LogP contribution < -0.4 is 10.1 Å². The number of benzene rings is 2. The Bertz CT molecular complexity index is 524. The van der Waals surface area contributed by atoms with Gasteiger partial charge in [-0.2, -0.15) is 0 Å². The predicted molar refractivity (Wildman–Crippen MR) is 88.5 cm³/mol. The van der Waals surface area contributed by atoms with Gasteiger partial charge in [-0.15, -0.1) is 0 Å². The number of para-hydroxylation sites is 1. The van der Waals surface area contributed by atoms with Crippen LogP contribution in [0, 0.1) is 0 Å². The van der Waals surface area contributed by atoms with Gasteiger partial charge in [-0.3, -0.25) is 0 Å². The summed E-state index contributed by atoms with van der Waals surface area (Å²) in [6, 6.07) is 19.3. The van der Waals surface area contributed by atoms with Crippen LogP contribution in [0.3, 0.4) is 0 Å². The molecule has 0 aliphatic heterocycles. The lowest BCUT2D eigenvalue weighted by Crippen LogP contribution is -2.21. The zero-order valence-electron chi connectivity index (χ0n) is 13.0. The summed E-state index contributed by atoms with van der Waals surface area (Å²) in [5.41, 5.74) is 2.57. The molecular formula is C19H25NO. The Labute approximate surface area is 128 Å². The van der Waals surface area contributed by atoms with Gasteiger partial charge in [0.2, 0.25) is 0 Å². The van der Waals surface area contributed by atoms with E-state index in [1.54, 1.807) is 7.11 Å². The third-order valence-electron chi connectivity index (χ3n) is 3.78. The number of rotatable bonds is 8. The molecule has 0 saturated heterocycles. The molecule has 1 unspecified atom stereocenters. The van der Waals surface area contributed by atoms with Crippen LogP contribution in [0.25, 0.3) is 0 Å². The Hall–Kier alpha value is -1.80. The predicted octanol–water partition coefficient (Wildman–Crippen LogP) is 4.72. The van der Waals surface area contributed by atoms with Crippen molar-refractivity contribution in [3.8, 4) is 5.75 Å². The van der Waals surface area contributed by atoms with E-state index in [9.17, 15) is 0 Å². The van der Waals surface area contributed by atoms with Crippen LogP contribution >= 0.6 is 0 Å². The number of unbranched alkanes of at least 4 members (excludes halogenated alkanes) is 1. The third-order valence-corrected chi connectivity index (χ3v) is 3.78. The molecule has 0 saturated carbocycles. The summed E-state index contributed by atoms with van der Waals surface area (Å²) in [7, 11) is 1.73. The lowest BCUT2D eigenvalue weighted by Gasteiger charge is -2.20. The van der Waals surface area contributed by atoms with Crippen LogP contribution in [0.1, 0.15) is 43.4 Å². The van der Waals surface area contributed by atoms with Crippen molar-refractivity contribution in [3.63, 3.8) is 0 Å². The summed E-state index contributed by atoms with van der Waals surface area (Å²) >= 11 is 0. The number of hydrogen-bond acceptors (Lipinski definition) is 2. The maximum atomic E-state index is 5.42. The summed E-state index contributed by atoms with van der Waals surface area (Å²) in [4.78, 5) is 0. The van der Waals surface area contributed by atoms with Crippen LogP contribution in [0.4, 0.5) is 0 Å². The van der Waals surface area contributed by atoms with E-state index in [0.29, 0.717) is 6.04 Å². The van der Waals surface area contributed by atoms with Crippen molar-refractivity contribution >= 4 is 0 Å². The fourth-order valence-corrected chi connectivity index (χ4v) is 2.56. The molecule has 2 rings (SSSR count). The van der Waals surface area contributed by atoms with Crippen molar-refractivity contribution in [2.24, 2.45) is 0 Å². The Morgan fingerprint density at radius 1 is 1.00 bits per heavy atom. The van der Waals surface area contributed by atoms with Gasteiger partial charge in [-0.25, -0.2) is 0 Å². The monoisotopic (exact) mass is 283 g/mol. The smallest absolute Gasteiger partial charge is 0.123 e. The number of nitrogens with one attached hydrogen (secondary N) is 1. The molecule has 2 aromatic carbocycles. The first-order valence-electron chi connectivity index (χ1n) is 7.75. The van der Waals surface area contributed by atoms with Crippen molar-refractivity contribution < 1.29 is 4.74 Å². The fraction of sp³-hybridized carbons (Fsp3) is 0.368. The summed E-state index contributed by atoms with van der Waals surface area (Å²) in [5, 5.41) is 3.68. The molecule has 2 nitrogen and oxygen atoms in total. The molecular weight excluding hydrogens is 258 g/mol. The number of methoxy groups -OCH3 is 1. The molecule has 2 aromatic rings. The van der Waals surface area contributed by atoms with Gasteiger partial charge in [-0.05, 0) is 18.1 Å². The second kappa shape index (κ2) is 8.48. The van der Waals surface area contributed by atoms with Gasteiger partial charge in [0.15, 0.2) is 0 Å². The molecule has 0 radical (unpaired) electrons. The average Bonchev–Trinajstić information content (AvgIpc) is 2.56. The van der Waals surface area contributed by atoms with Crippen molar-refractivity contribution in [3.05, 3.63) is 65.7 Å². The largest absolute Gasteiger partial charge is 0.496 e. The molecule has 21 heavy (non-hydrogen) atoms. The molecule has 1 atom stereocenters. The molecule has 1 N–H and O–H groups in total. The Balaban J connectivity index is 2.05. The lowest BCUT2D eigenvalue weighted by atomic mass is 10.0. The zero-order chi connectivity index (χ0) is 14.9. The zero-order valence-corrected chi connectivity index (χ0v) is 13.0. The van der Waals surface area contributed by atoms with Crippen LogP contribution in [0.15, 0.2) is 54.6 Å². The van der Waals surface area contributed by atoms with Crippen LogP contribution in [0.2, 0.25) is 0 Å². The van der Waals surface area contributed by atoms with E-state index in [2.05, 4.69) is 54.7 Å². The van der Waals surface area contributed by atoms with E-state index in [4.69, 9.17) is 4.74 Å². The first kappa shape index (κ1) is 15.6. The van der Waals surface area contributed by atoms with Gasteiger partial charge in [0.1, 0.15) is 5.75 Å². The van der Waals surface area contributed by atoms with E-state index in [-0.39, 0.29) is 0 Å². The van der Waals surface area contributed by atoms with Crippen LogP contribution in [0.5, 0.6) is 5.75 Å². The van der Waals surface area contributed by atoms with Gasteiger partial charge >= 0.3 is 0 Å². The van der Waals surface area contributed by atoms with Crippen molar-refractivity contribution in [2.75, 3.05) is 7.11 Å². The maximum absolute atomic E-state index is 5.42. The number of ether oxygens (including phenoxy) is 1. The molecule has 0 aromatic heterocycles. The van der Waals surface area contributed by atoms with Gasteiger partial charge in [0.05, 0.1) is 7.11 Å². The maximum Gasteiger partial charge on any atom is 0.123 e. The lowest BCUT2D eigenvalue weighted by molar-refractivity contribution is 0.403. The topological polar surface area (TPSA) is 21.3 Å². The number of hydrogen-bond donors (Lipinski definition) is 1.